The Morgan fingerprint density at radius 2 is 1.68 bits per heavy atom. The van der Waals surface area contributed by atoms with E-state index in [2.05, 4.69) is 10.3 Å². The molecule has 3 aromatic rings. The lowest BCUT2D eigenvalue weighted by atomic mass is 10.1. The van der Waals surface area contributed by atoms with E-state index in [-0.39, 0.29) is 17.2 Å². The Balaban J connectivity index is 1.39. The topological polar surface area (TPSA) is 84.0 Å². The summed E-state index contributed by atoms with van der Waals surface area (Å²) < 4.78 is 1.24. The van der Waals surface area contributed by atoms with E-state index >= 15 is 0 Å². The molecule has 3 rings (SSSR count). The summed E-state index contributed by atoms with van der Waals surface area (Å²) in [5, 5.41) is 3.44. The standard InChI is InChI=1S/C22H25N3O3/c26-20(23-15-14-17-9-3-1-4-10-17)13-5-2-8-16-25-21(27)18-11-6-7-12-19(18)24-22(25)28/h1,3-4,6-7,9-12H,2,5,8,13-16H2,(H,23,26)(H,24,28). The summed E-state index contributed by atoms with van der Waals surface area (Å²) in [5.41, 5.74) is 1.11. The van der Waals surface area contributed by atoms with E-state index in [1.54, 1.807) is 24.3 Å². The fourth-order valence-corrected chi connectivity index (χ4v) is 3.21. The van der Waals surface area contributed by atoms with Crippen LogP contribution in [0.5, 0.6) is 0 Å². The van der Waals surface area contributed by atoms with Gasteiger partial charge < -0.3 is 10.3 Å². The van der Waals surface area contributed by atoms with Crippen molar-refractivity contribution in [1.82, 2.24) is 14.9 Å². The van der Waals surface area contributed by atoms with Crippen molar-refractivity contribution in [2.24, 2.45) is 0 Å². The van der Waals surface area contributed by atoms with E-state index in [9.17, 15) is 14.4 Å². The van der Waals surface area contributed by atoms with Crippen molar-refractivity contribution < 1.29 is 4.79 Å². The molecule has 2 aromatic carbocycles. The number of amides is 1. The highest BCUT2D eigenvalue weighted by Crippen LogP contribution is 2.05. The Bertz CT molecular complexity index is 1040. The molecule has 28 heavy (non-hydrogen) atoms. The molecular weight excluding hydrogens is 354 g/mol. The molecule has 0 aliphatic heterocycles. The molecule has 1 aromatic heterocycles. The Labute approximate surface area is 163 Å². The molecule has 2 N–H and O–H groups in total. The van der Waals surface area contributed by atoms with Gasteiger partial charge in [0.15, 0.2) is 0 Å². The average molecular weight is 379 g/mol. The Morgan fingerprint density at radius 1 is 0.929 bits per heavy atom. The number of aromatic nitrogens is 2. The molecule has 0 radical (unpaired) electrons. The van der Waals surface area contributed by atoms with Gasteiger partial charge in [0, 0.05) is 19.5 Å². The highest BCUT2D eigenvalue weighted by molar-refractivity contribution is 5.77. The number of nitrogens with zero attached hydrogens (tertiary/aromatic N) is 1. The Kier molecular flexibility index (Phi) is 6.78. The molecule has 6 heteroatoms. The predicted molar refractivity (Wildman–Crippen MR) is 110 cm³/mol. The normalized spacial score (nSPS) is 10.9. The number of hydrogen-bond donors (Lipinski definition) is 2. The van der Waals surface area contributed by atoms with Crippen molar-refractivity contribution in [2.45, 2.75) is 38.6 Å². The zero-order chi connectivity index (χ0) is 19.8. The third-order valence-corrected chi connectivity index (χ3v) is 4.75. The Morgan fingerprint density at radius 3 is 2.50 bits per heavy atom. The molecular formula is C22H25N3O3. The van der Waals surface area contributed by atoms with Gasteiger partial charge in [-0.3, -0.25) is 14.2 Å². The molecule has 0 spiro atoms. The smallest absolute Gasteiger partial charge is 0.328 e. The second-order valence-corrected chi connectivity index (χ2v) is 6.83. The van der Waals surface area contributed by atoms with Gasteiger partial charge in [-0.05, 0) is 37.0 Å². The monoisotopic (exact) mass is 379 g/mol. The van der Waals surface area contributed by atoms with Gasteiger partial charge in [-0.2, -0.15) is 0 Å². The first kappa shape index (κ1) is 19.6. The molecule has 6 nitrogen and oxygen atoms in total. The zero-order valence-corrected chi connectivity index (χ0v) is 15.8. The van der Waals surface area contributed by atoms with Crippen molar-refractivity contribution in [3.63, 3.8) is 0 Å². The van der Waals surface area contributed by atoms with Gasteiger partial charge in [-0.25, -0.2) is 4.79 Å². The average Bonchev–Trinajstić information content (AvgIpc) is 2.71. The molecule has 0 aliphatic carbocycles. The quantitative estimate of drug-likeness (QED) is 0.561. The van der Waals surface area contributed by atoms with Crippen LogP contribution in [0.1, 0.15) is 31.2 Å². The highest BCUT2D eigenvalue weighted by Gasteiger charge is 2.07. The number of H-pyrrole nitrogens is 1. The molecule has 0 fully saturated rings. The van der Waals surface area contributed by atoms with Gasteiger partial charge in [0.1, 0.15) is 0 Å². The number of rotatable bonds is 9. The van der Waals surface area contributed by atoms with Crippen molar-refractivity contribution in [3.05, 3.63) is 81.0 Å². The van der Waals surface area contributed by atoms with Crippen LogP contribution in [0.15, 0.2) is 64.2 Å². The third kappa shape index (κ3) is 5.19. The van der Waals surface area contributed by atoms with Crippen LogP contribution < -0.4 is 16.6 Å². The molecule has 0 bridgehead atoms. The van der Waals surface area contributed by atoms with E-state index < -0.39 is 0 Å². The van der Waals surface area contributed by atoms with Crippen LogP contribution >= 0.6 is 0 Å². The summed E-state index contributed by atoms with van der Waals surface area (Å²) in [5.74, 6) is 0.0386. The second-order valence-electron chi connectivity index (χ2n) is 6.83. The van der Waals surface area contributed by atoms with Gasteiger partial charge in [-0.15, -0.1) is 0 Å². The molecule has 0 atom stereocenters. The van der Waals surface area contributed by atoms with E-state index in [0.717, 1.165) is 19.3 Å². The maximum atomic E-state index is 12.4. The van der Waals surface area contributed by atoms with Crippen LogP contribution in [-0.2, 0) is 17.8 Å². The molecule has 146 valence electrons. The van der Waals surface area contributed by atoms with Crippen LogP contribution in [0, 0.1) is 0 Å². The first-order valence-corrected chi connectivity index (χ1v) is 9.67. The minimum Gasteiger partial charge on any atom is -0.356 e. The number of fused-ring (bicyclic) bond motifs is 1. The number of nitrogens with one attached hydrogen (secondary N) is 2. The van der Waals surface area contributed by atoms with Crippen LogP contribution in [-0.4, -0.2) is 22.0 Å². The molecule has 0 unspecified atom stereocenters. The number of aromatic amines is 1. The summed E-state index contributed by atoms with van der Waals surface area (Å²) in [4.78, 5) is 39.2. The summed E-state index contributed by atoms with van der Waals surface area (Å²) in [6, 6.07) is 17.0. The summed E-state index contributed by atoms with van der Waals surface area (Å²) in [6.07, 6.45) is 3.47. The maximum absolute atomic E-state index is 12.4. The lowest BCUT2D eigenvalue weighted by Gasteiger charge is -2.07. The van der Waals surface area contributed by atoms with E-state index in [0.29, 0.717) is 36.8 Å². The van der Waals surface area contributed by atoms with Crippen molar-refractivity contribution in [1.29, 1.82) is 0 Å². The predicted octanol–water partition coefficient (Wildman–Crippen LogP) is 2.61. The van der Waals surface area contributed by atoms with Crippen LogP contribution in [0.4, 0.5) is 0 Å². The first-order chi connectivity index (χ1) is 13.6. The van der Waals surface area contributed by atoms with E-state index in [1.165, 1.54) is 10.1 Å². The number of para-hydroxylation sites is 1. The van der Waals surface area contributed by atoms with Crippen molar-refractivity contribution in [3.8, 4) is 0 Å². The third-order valence-electron chi connectivity index (χ3n) is 4.75. The number of hydrogen-bond acceptors (Lipinski definition) is 3. The number of carbonyl (C=O) groups is 1. The van der Waals surface area contributed by atoms with Gasteiger partial charge >= 0.3 is 5.69 Å². The largest absolute Gasteiger partial charge is 0.356 e. The second kappa shape index (κ2) is 9.69. The summed E-state index contributed by atoms with van der Waals surface area (Å²) >= 11 is 0. The van der Waals surface area contributed by atoms with Crippen LogP contribution in [0.25, 0.3) is 10.9 Å². The fraction of sp³-hybridized carbons (Fsp3) is 0.318. The SMILES string of the molecule is O=C(CCCCCn1c(=O)[nH]c2ccccc2c1=O)NCCc1ccccc1. The van der Waals surface area contributed by atoms with Crippen LogP contribution in [0.2, 0.25) is 0 Å². The molecule has 1 heterocycles. The minimum absolute atomic E-state index is 0.0386. The molecule has 1 amide bonds. The fourth-order valence-electron chi connectivity index (χ4n) is 3.21. The van der Waals surface area contributed by atoms with E-state index in [4.69, 9.17) is 0 Å². The highest BCUT2D eigenvalue weighted by atomic mass is 16.2. The van der Waals surface area contributed by atoms with Crippen molar-refractivity contribution in [2.75, 3.05) is 6.54 Å². The van der Waals surface area contributed by atoms with Gasteiger partial charge in [0.2, 0.25) is 5.91 Å². The zero-order valence-electron chi connectivity index (χ0n) is 15.8. The lowest BCUT2D eigenvalue weighted by Crippen LogP contribution is -2.35. The van der Waals surface area contributed by atoms with Crippen LogP contribution in [0.3, 0.4) is 0 Å². The first-order valence-electron chi connectivity index (χ1n) is 9.67. The molecule has 0 aliphatic rings. The number of benzene rings is 2. The number of unbranched alkanes of at least 4 members (excludes halogenated alkanes) is 2. The van der Waals surface area contributed by atoms with Gasteiger partial charge in [0.05, 0.1) is 10.9 Å². The summed E-state index contributed by atoms with van der Waals surface area (Å²) in [7, 11) is 0. The van der Waals surface area contributed by atoms with Gasteiger partial charge in [-0.1, -0.05) is 48.9 Å². The van der Waals surface area contributed by atoms with Gasteiger partial charge in [0.25, 0.3) is 5.56 Å². The maximum Gasteiger partial charge on any atom is 0.328 e. The van der Waals surface area contributed by atoms with Crippen molar-refractivity contribution >= 4 is 16.8 Å². The molecule has 0 saturated heterocycles. The molecule has 0 saturated carbocycles. The Hall–Kier alpha value is -3.15. The minimum atomic E-state index is -0.387. The summed E-state index contributed by atoms with van der Waals surface area (Å²) in [6.45, 7) is 0.985. The number of carbonyl (C=O) groups excluding carboxylic acids is 1. The van der Waals surface area contributed by atoms with E-state index in [1.807, 2.05) is 30.3 Å². The lowest BCUT2D eigenvalue weighted by molar-refractivity contribution is -0.121.